The summed E-state index contributed by atoms with van der Waals surface area (Å²) in [5, 5.41) is 3.67. The van der Waals surface area contributed by atoms with E-state index in [9.17, 15) is 0 Å². The highest BCUT2D eigenvalue weighted by atomic mass is 32.2. The number of benzene rings is 1. The van der Waals surface area contributed by atoms with E-state index >= 15 is 0 Å². The van der Waals surface area contributed by atoms with E-state index in [0.717, 1.165) is 13.1 Å². The lowest BCUT2D eigenvalue weighted by Gasteiger charge is -2.13. The molecule has 19 heavy (non-hydrogen) atoms. The standard InChI is InChI=1S/C15H19N3S/c1-2-6-15-13(5-1)14(11-19-15)17-7-3-4-9-18-10-8-16-12-18/h1-2,5-6,8,10,12,14,17H,3-4,7,9,11H2. The van der Waals surface area contributed by atoms with Gasteiger partial charge in [0, 0.05) is 35.6 Å². The van der Waals surface area contributed by atoms with Gasteiger partial charge in [0.1, 0.15) is 0 Å². The second-order valence-electron chi connectivity index (χ2n) is 4.86. The summed E-state index contributed by atoms with van der Waals surface area (Å²) in [6.07, 6.45) is 8.16. The highest BCUT2D eigenvalue weighted by molar-refractivity contribution is 7.99. The van der Waals surface area contributed by atoms with Gasteiger partial charge < -0.3 is 9.88 Å². The van der Waals surface area contributed by atoms with Crippen molar-refractivity contribution in [3.63, 3.8) is 0 Å². The molecule has 0 spiro atoms. The van der Waals surface area contributed by atoms with Gasteiger partial charge in [-0.05, 0) is 31.0 Å². The molecular formula is C15H19N3S. The normalized spacial score (nSPS) is 17.6. The second-order valence-corrected chi connectivity index (χ2v) is 5.92. The molecule has 0 aliphatic carbocycles. The Hall–Kier alpha value is -1.26. The van der Waals surface area contributed by atoms with Crippen LogP contribution in [0.4, 0.5) is 0 Å². The van der Waals surface area contributed by atoms with Crippen LogP contribution in [0.1, 0.15) is 24.4 Å². The Bertz CT molecular complexity index is 510. The minimum atomic E-state index is 0.537. The van der Waals surface area contributed by atoms with Gasteiger partial charge in [-0.2, -0.15) is 0 Å². The van der Waals surface area contributed by atoms with Crippen LogP contribution in [-0.4, -0.2) is 21.8 Å². The first-order valence-electron chi connectivity index (χ1n) is 6.84. The first-order valence-corrected chi connectivity index (χ1v) is 7.83. The van der Waals surface area contributed by atoms with E-state index in [0.29, 0.717) is 6.04 Å². The second kappa shape index (κ2) is 6.26. The summed E-state index contributed by atoms with van der Waals surface area (Å²) < 4.78 is 2.14. The molecule has 1 unspecified atom stereocenters. The quantitative estimate of drug-likeness (QED) is 0.820. The van der Waals surface area contributed by atoms with E-state index in [2.05, 4.69) is 39.1 Å². The van der Waals surface area contributed by atoms with Crippen LogP contribution in [0, 0.1) is 0 Å². The van der Waals surface area contributed by atoms with Crippen LogP contribution in [0.3, 0.4) is 0 Å². The maximum Gasteiger partial charge on any atom is 0.0945 e. The molecule has 1 N–H and O–H groups in total. The smallest absolute Gasteiger partial charge is 0.0945 e. The van der Waals surface area contributed by atoms with Crippen LogP contribution in [0.2, 0.25) is 0 Å². The first kappa shape index (κ1) is 12.8. The van der Waals surface area contributed by atoms with Crippen molar-refractivity contribution in [2.24, 2.45) is 0 Å². The van der Waals surface area contributed by atoms with E-state index in [4.69, 9.17) is 0 Å². The minimum Gasteiger partial charge on any atom is -0.337 e. The predicted octanol–water partition coefficient (Wildman–Crippen LogP) is 3.10. The average molecular weight is 273 g/mol. The monoisotopic (exact) mass is 273 g/mol. The zero-order valence-electron chi connectivity index (χ0n) is 11.0. The largest absolute Gasteiger partial charge is 0.337 e. The van der Waals surface area contributed by atoms with Crippen molar-refractivity contribution in [3.8, 4) is 0 Å². The SMILES string of the molecule is c1ccc2c(c1)SCC2NCCCCn1ccnc1. The Balaban J connectivity index is 1.39. The molecule has 0 fully saturated rings. The molecule has 0 saturated carbocycles. The molecule has 3 nitrogen and oxygen atoms in total. The van der Waals surface area contributed by atoms with Crippen molar-refractivity contribution in [1.29, 1.82) is 0 Å². The van der Waals surface area contributed by atoms with E-state index in [1.54, 1.807) is 0 Å². The Labute approximate surface area is 118 Å². The van der Waals surface area contributed by atoms with Crippen LogP contribution in [-0.2, 0) is 6.54 Å². The fourth-order valence-corrected chi connectivity index (χ4v) is 3.64. The number of imidazole rings is 1. The number of aryl methyl sites for hydroxylation is 1. The van der Waals surface area contributed by atoms with Gasteiger partial charge in [-0.1, -0.05) is 18.2 Å². The maximum absolute atomic E-state index is 4.05. The lowest BCUT2D eigenvalue weighted by atomic mass is 10.1. The first-order chi connectivity index (χ1) is 9.43. The number of hydrogen-bond donors (Lipinski definition) is 1. The molecule has 0 amide bonds. The van der Waals surface area contributed by atoms with Gasteiger partial charge >= 0.3 is 0 Å². The van der Waals surface area contributed by atoms with Crippen molar-refractivity contribution in [2.45, 2.75) is 30.3 Å². The third-order valence-corrected chi connectivity index (χ3v) is 4.68. The number of nitrogens with zero attached hydrogens (tertiary/aromatic N) is 2. The Kier molecular flexibility index (Phi) is 4.20. The van der Waals surface area contributed by atoms with Crippen LogP contribution >= 0.6 is 11.8 Å². The fraction of sp³-hybridized carbons (Fsp3) is 0.400. The number of aromatic nitrogens is 2. The number of nitrogens with one attached hydrogen (secondary N) is 1. The molecular weight excluding hydrogens is 254 g/mol. The minimum absolute atomic E-state index is 0.537. The van der Waals surface area contributed by atoms with E-state index in [1.807, 2.05) is 30.5 Å². The summed E-state index contributed by atoms with van der Waals surface area (Å²) >= 11 is 1.96. The van der Waals surface area contributed by atoms with E-state index < -0.39 is 0 Å². The van der Waals surface area contributed by atoms with Crippen molar-refractivity contribution in [1.82, 2.24) is 14.9 Å². The molecule has 100 valence electrons. The van der Waals surface area contributed by atoms with Crippen molar-refractivity contribution in [3.05, 3.63) is 48.5 Å². The van der Waals surface area contributed by atoms with Gasteiger partial charge in [0.05, 0.1) is 6.33 Å². The lowest BCUT2D eigenvalue weighted by Crippen LogP contribution is -2.22. The molecule has 1 aromatic carbocycles. The van der Waals surface area contributed by atoms with Crippen LogP contribution in [0.5, 0.6) is 0 Å². The molecule has 4 heteroatoms. The Morgan fingerprint density at radius 3 is 3.16 bits per heavy atom. The van der Waals surface area contributed by atoms with Crippen molar-refractivity contribution >= 4 is 11.8 Å². The zero-order chi connectivity index (χ0) is 12.9. The van der Waals surface area contributed by atoms with Gasteiger partial charge in [-0.25, -0.2) is 4.98 Å². The van der Waals surface area contributed by atoms with Crippen molar-refractivity contribution in [2.75, 3.05) is 12.3 Å². The Morgan fingerprint density at radius 2 is 2.26 bits per heavy atom. The van der Waals surface area contributed by atoms with Gasteiger partial charge in [0.25, 0.3) is 0 Å². The fourth-order valence-electron chi connectivity index (χ4n) is 2.45. The number of thioether (sulfide) groups is 1. The number of fused-ring (bicyclic) bond motifs is 1. The molecule has 2 aromatic rings. The molecule has 1 atom stereocenters. The molecule has 2 heterocycles. The molecule has 1 aliphatic rings. The van der Waals surface area contributed by atoms with E-state index in [1.165, 1.54) is 29.1 Å². The Morgan fingerprint density at radius 1 is 1.32 bits per heavy atom. The number of unbranched alkanes of at least 4 members (excludes halogenated alkanes) is 1. The molecule has 3 rings (SSSR count). The molecule has 0 radical (unpaired) electrons. The molecule has 1 aromatic heterocycles. The summed E-state index contributed by atoms with van der Waals surface area (Å²) in [5.41, 5.74) is 1.47. The molecule has 1 aliphatic heterocycles. The van der Waals surface area contributed by atoms with Crippen LogP contribution in [0.15, 0.2) is 47.9 Å². The van der Waals surface area contributed by atoms with Gasteiger partial charge in [0.2, 0.25) is 0 Å². The number of hydrogen-bond acceptors (Lipinski definition) is 3. The lowest BCUT2D eigenvalue weighted by molar-refractivity contribution is 0.528. The zero-order valence-corrected chi connectivity index (χ0v) is 11.8. The highest BCUT2D eigenvalue weighted by Crippen LogP contribution is 2.37. The van der Waals surface area contributed by atoms with Gasteiger partial charge in [-0.15, -0.1) is 11.8 Å². The van der Waals surface area contributed by atoms with Crippen LogP contribution in [0.25, 0.3) is 0 Å². The summed E-state index contributed by atoms with van der Waals surface area (Å²) in [6.45, 7) is 2.16. The third kappa shape index (κ3) is 3.19. The van der Waals surface area contributed by atoms with Gasteiger partial charge in [-0.3, -0.25) is 0 Å². The van der Waals surface area contributed by atoms with Gasteiger partial charge in [0.15, 0.2) is 0 Å². The number of rotatable bonds is 6. The van der Waals surface area contributed by atoms with E-state index in [-0.39, 0.29) is 0 Å². The predicted molar refractivity (Wildman–Crippen MR) is 79.4 cm³/mol. The molecule has 0 bridgehead atoms. The summed E-state index contributed by atoms with van der Waals surface area (Å²) in [4.78, 5) is 5.50. The summed E-state index contributed by atoms with van der Waals surface area (Å²) in [6, 6.07) is 9.27. The maximum atomic E-state index is 4.05. The third-order valence-electron chi connectivity index (χ3n) is 3.49. The average Bonchev–Trinajstić information content (AvgIpc) is 3.08. The summed E-state index contributed by atoms with van der Waals surface area (Å²) in [5.74, 6) is 1.17. The highest BCUT2D eigenvalue weighted by Gasteiger charge is 2.21. The van der Waals surface area contributed by atoms with Crippen LogP contribution < -0.4 is 5.32 Å². The summed E-state index contributed by atoms with van der Waals surface area (Å²) in [7, 11) is 0. The van der Waals surface area contributed by atoms with Crippen molar-refractivity contribution < 1.29 is 0 Å². The topological polar surface area (TPSA) is 29.9 Å². The molecule has 0 saturated heterocycles.